The van der Waals surface area contributed by atoms with Crippen molar-refractivity contribution in [2.45, 2.75) is 0 Å². The van der Waals surface area contributed by atoms with E-state index in [9.17, 15) is 19.2 Å². The second-order valence-corrected chi connectivity index (χ2v) is 9.26. The van der Waals surface area contributed by atoms with Crippen LogP contribution < -0.4 is 15.0 Å². The highest BCUT2D eigenvalue weighted by molar-refractivity contribution is 7.80. The summed E-state index contributed by atoms with van der Waals surface area (Å²) in [5, 5.41) is 2.50. The second-order valence-electron chi connectivity index (χ2n) is 8.88. The number of carbonyl (C=O) groups excluding carboxylic acids is 4. The number of anilines is 1. The molecule has 1 aliphatic carbocycles. The molecule has 1 saturated heterocycles. The van der Waals surface area contributed by atoms with E-state index in [1.807, 2.05) is 30.3 Å². The van der Waals surface area contributed by atoms with Gasteiger partial charge in [-0.3, -0.25) is 29.4 Å². The Morgan fingerprint density at radius 2 is 1.26 bits per heavy atom. The van der Waals surface area contributed by atoms with Crippen LogP contribution in [-0.4, -0.2) is 28.5 Å². The Bertz CT molecular complexity index is 1740. The number of thiocarbonyl (C=S) groups is 1. The molecule has 0 bridgehead atoms. The van der Waals surface area contributed by atoms with Gasteiger partial charge in [-0.1, -0.05) is 48.5 Å². The van der Waals surface area contributed by atoms with Crippen LogP contribution in [0, 0.1) is 0 Å². The number of fused-ring (bicyclic) bond motifs is 2. The first-order chi connectivity index (χ1) is 18.9. The third-order valence-corrected chi connectivity index (χ3v) is 6.72. The first-order valence-electron chi connectivity index (χ1n) is 12.0. The number of hydrogen-bond acceptors (Lipinski definition) is 6. The van der Waals surface area contributed by atoms with Crippen molar-refractivity contribution in [3.05, 3.63) is 130 Å². The van der Waals surface area contributed by atoms with Gasteiger partial charge in [-0.25, -0.2) is 0 Å². The lowest BCUT2D eigenvalue weighted by Crippen LogP contribution is -2.54. The molecule has 0 aromatic heterocycles. The third-order valence-electron chi connectivity index (χ3n) is 6.44. The molecule has 0 unspecified atom stereocenters. The van der Waals surface area contributed by atoms with Gasteiger partial charge in [-0.05, 0) is 72.4 Å². The predicted octanol–water partition coefficient (Wildman–Crippen LogP) is 5.09. The molecule has 0 atom stereocenters. The smallest absolute Gasteiger partial charge is 0.270 e. The summed E-state index contributed by atoms with van der Waals surface area (Å²) >= 11 is 5.30. The maximum Gasteiger partial charge on any atom is 0.270 e. The molecule has 7 nitrogen and oxygen atoms in total. The molecule has 0 saturated carbocycles. The van der Waals surface area contributed by atoms with Gasteiger partial charge in [0.2, 0.25) is 0 Å². The van der Waals surface area contributed by atoms with Gasteiger partial charge in [0.05, 0.1) is 5.69 Å². The fourth-order valence-electron chi connectivity index (χ4n) is 4.55. The van der Waals surface area contributed by atoms with Crippen LogP contribution in [0.3, 0.4) is 0 Å². The van der Waals surface area contributed by atoms with E-state index in [0.29, 0.717) is 33.9 Å². The first kappa shape index (κ1) is 24.1. The molecular weight excluding hydrogens is 512 g/mol. The largest absolute Gasteiger partial charge is 0.457 e. The highest BCUT2D eigenvalue weighted by Gasteiger charge is 2.35. The zero-order valence-electron chi connectivity index (χ0n) is 20.2. The quantitative estimate of drug-likeness (QED) is 0.198. The Morgan fingerprint density at radius 1 is 0.667 bits per heavy atom. The summed E-state index contributed by atoms with van der Waals surface area (Å²) in [5.74, 6) is -0.583. The maximum absolute atomic E-state index is 13.5. The lowest BCUT2D eigenvalue weighted by molar-refractivity contribution is -0.122. The van der Waals surface area contributed by atoms with E-state index < -0.39 is 11.8 Å². The Hall–Kier alpha value is -5.21. The normalized spacial score (nSPS) is 15.6. The molecule has 0 radical (unpaired) electrons. The molecule has 4 aromatic carbocycles. The molecule has 6 rings (SSSR count). The first-order valence-corrected chi connectivity index (χ1v) is 12.4. The molecule has 2 aliphatic rings. The van der Waals surface area contributed by atoms with Gasteiger partial charge in [-0.2, -0.15) is 0 Å². The summed E-state index contributed by atoms with van der Waals surface area (Å²) < 4.78 is 5.81. The summed E-state index contributed by atoms with van der Waals surface area (Å²) in [4.78, 5) is 53.4. The molecule has 1 N–H and O–H groups in total. The number of amides is 2. The molecule has 1 aliphatic heterocycles. The van der Waals surface area contributed by atoms with Crippen LogP contribution in [-0.2, 0) is 9.59 Å². The van der Waals surface area contributed by atoms with Gasteiger partial charge >= 0.3 is 0 Å². The van der Waals surface area contributed by atoms with Gasteiger partial charge in [-0.15, -0.1) is 0 Å². The van der Waals surface area contributed by atoms with Gasteiger partial charge in [0, 0.05) is 22.3 Å². The third kappa shape index (κ3) is 4.32. The fourth-order valence-corrected chi connectivity index (χ4v) is 4.83. The van der Waals surface area contributed by atoms with E-state index in [0.717, 1.165) is 0 Å². The Balaban J connectivity index is 1.30. The number of ketones is 2. The number of rotatable bonds is 4. The van der Waals surface area contributed by atoms with Gasteiger partial charge in [0.15, 0.2) is 16.7 Å². The molecule has 4 aromatic rings. The Morgan fingerprint density at radius 3 is 1.95 bits per heavy atom. The second kappa shape index (κ2) is 9.59. The standard InChI is InChI=1S/C31H18N2O5S/c34-27-22-8-4-5-9-23(22)28(35)25-16-18(10-15-24(25)27)17-26-29(36)32-31(39)33(30(26)37)19-11-13-21(14-12-19)38-20-6-2-1-3-7-20/h1-17H,(H,32,36,39). The SMILES string of the molecule is O=C1NC(=S)N(c2ccc(Oc3ccccc3)cc2)C(=O)C1=Cc1ccc2c(c1)C(=O)c1ccccc1C2=O. The van der Waals surface area contributed by atoms with E-state index in [1.165, 1.54) is 23.1 Å². The minimum atomic E-state index is -0.657. The number of carbonyl (C=O) groups is 4. The summed E-state index contributed by atoms with van der Waals surface area (Å²) in [6.07, 6.45) is 1.39. The molecule has 8 heteroatoms. The average Bonchev–Trinajstić information content (AvgIpc) is 2.95. The number of para-hydroxylation sites is 1. The molecule has 1 fully saturated rings. The summed E-state index contributed by atoms with van der Waals surface area (Å²) in [7, 11) is 0. The van der Waals surface area contributed by atoms with Crippen LogP contribution in [0.1, 0.15) is 37.4 Å². The highest BCUT2D eigenvalue weighted by Crippen LogP contribution is 2.30. The van der Waals surface area contributed by atoms with Crippen LogP contribution in [0.5, 0.6) is 11.5 Å². The van der Waals surface area contributed by atoms with Gasteiger partial charge in [0.25, 0.3) is 11.8 Å². The van der Waals surface area contributed by atoms with E-state index >= 15 is 0 Å². The molecule has 2 amide bonds. The van der Waals surface area contributed by atoms with Crippen molar-refractivity contribution in [2.24, 2.45) is 0 Å². The average molecular weight is 531 g/mol. The van der Waals surface area contributed by atoms with Crippen molar-refractivity contribution in [3.63, 3.8) is 0 Å². The minimum absolute atomic E-state index is 0.0540. The van der Waals surface area contributed by atoms with Crippen molar-refractivity contribution in [3.8, 4) is 11.5 Å². The van der Waals surface area contributed by atoms with E-state index in [-0.39, 0.29) is 33.4 Å². The number of nitrogens with zero attached hydrogens (tertiary/aromatic N) is 1. The number of hydrogen-bond donors (Lipinski definition) is 1. The Kier molecular flexibility index (Phi) is 5.94. The number of ether oxygens (including phenoxy) is 1. The molecular formula is C31H18N2O5S. The van der Waals surface area contributed by atoms with Crippen LogP contribution >= 0.6 is 12.2 Å². The van der Waals surface area contributed by atoms with Crippen molar-refractivity contribution < 1.29 is 23.9 Å². The van der Waals surface area contributed by atoms with E-state index in [2.05, 4.69) is 5.32 Å². The molecule has 1 heterocycles. The lowest BCUT2D eigenvalue weighted by Gasteiger charge is -2.29. The topological polar surface area (TPSA) is 92.8 Å². The summed E-state index contributed by atoms with van der Waals surface area (Å²) in [6, 6.07) is 27.3. The zero-order chi connectivity index (χ0) is 27.1. The predicted molar refractivity (Wildman–Crippen MR) is 149 cm³/mol. The van der Waals surface area contributed by atoms with E-state index in [4.69, 9.17) is 17.0 Å². The van der Waals surface area contributed by atoms with Crippen molar-refractivity contribution in [1.29, 1.82) is 0 Å². The van der Waals surface area contributed by atoms with Crippen molar-refractivity contribution in [2.75, 3.05) is 4.90 Å². The van der Waals surface area contributed by atoms with Crippen LogP contribution in [0.2, 0.25) is 0 Å². The van der Waals surface area contributed by atoms with Crippen LogP contribution in [0.15, 0.2) is 103 Å². The van der Waals surface area contributed by atoms with Crippen LogP contribution in [0.4, 0.5) is 5.69 Å². The zero-order valence-corrected chi connectivity index (χ0v) is 21.0. The van der Waals surface area contributed by atoms with Gasteiger partial charge < -0.3 is 4.74 Å². The van der Waals surface area contributed by atoms with Crippen molar-refractivity contribution in [1.82, 2.24) is 5.32 Å². The molecule has 188 valence electrons. The van der Waals surface area contributed by atoms with Gasteiger partial charge in [0.1, 0.15) is 17.1 Å². The lowest BCUT2D eigenvalue weighted by atomic mass is 9.83. The summed E-state index contributed by atoms with van der Waals surface area (Å²) in [6.45, 7) is 0. The van der Waals surface area contributed by atoms with E-state index in [1.54, 1.807) is 54.6 Å². The fraction of sp³-hybridized carbons (Fsp3) is 0. The Labute approximate surface area is 228 Å². The van der Waals surface area contributed by atoms with Crippen LogP contribution in [0.25, 0.3) is 6.08 Å². The highest BCUT2D eigenvalue weighted by atomic mass is 32.1. The maximum atomic E-state index is 13.5. The monoisotopic (exact) mass is 530 g/mol. The summed E-state index contributed by atoms with van der Waals surface area (Å²) in [5.41, 5.74) is 1.88. The van der Waals surface area contributed by atoms with Crippen molar-refractivity contribution >= 4 is 52.5 Å². The molecule has 0 spiro atoms. The minimum Gasteiger partial charge on any atom is -0.457 e. The number of nitrogens with one attached hydrogen (secondary N) is 1. The molecule has 39 heavy (non-hydrogen) atoms. The number of benzene rings is 4.